The van der Waals surface area contributed by atoms with Crippen LogP contribution in [0.4, 0.5) is 4.39 Å². The molecule has 150 valence electrons. The minimum Gasteiger partial charge on any atom is -0.497 e. The van der Waals surface area contributed by atoms with Crippen molar-refractivity contribution in [2.75, 3.05) is 20.2 Å². The molecule has 1 fully saturated rings. The van der Waals surface area contributed by atoms with Gasteiger partial charge in [-0.15, -0.1) is 0 Å². The van der Waals surface area contributed by atoms with Crippen molar-refractivity contribution in [1.29, 1.82) is 0 Å². The predicted molar refractivity (Wildman–Crippen MR) is 109 cm³/mol. The van der Waals surface area contributed by atoms with Crippen LogP contribution >= 0.6 is 0 Å². The number of ether oxygens (including phenoxy) is 1. The second-order valence-electron chi connectivity index (χ2n) is 7.46. The summed E-state index contributed by atoms with van der Waals surface area (Å²) in [5.41, 5.74) is 2.00. The maximum Gasteiger partial charge on any atom is 0.220 e. The van der Waals surface area contributed by atoms with Crippen LogP contribution in [0.15, 0.2) is 48.5 Å². The van der Waals surface area contributed by atoms with Crippen molar-refractivity contribution >= 4 is 5.91 Å². The van der Waals surface area contributed by atoms with Crippen LogP contribution in [0, 0.1) is 11.7 Å². The summed E-state index contributed by atoms with van der Waals surface area (Å²) in [4.78, 5) is 12.6. The van der Waals surface area contributed by atoms with E-state index >= 15 is 0 Å². The van der Waals surface area contributed by atoms with Crippen LogP contribution in [0.2, 0.25) is 0 Å². The summed E-state index contributed by atoms with van der Waals surface area (Å²) in [7, 11) is 1.63. The number of carbonyl (C=O) groups excluding carboxylic acids is 1. The van der Waals surface area contributed by atoms with Gasteiger partial charge in [-0.3, -0.25) is 4.79 Å². The van der Waals surface area contributed by atoms with Gasteiger partial charge in [0.2, 0.25) is 5.91 Å². The quantitative estimate of drug-likeness (QED) is 0.723. The van der Waals surface area contributed by atoms with E-state index in [2.05, 4.69) is 10.6 Å². The second-order valence-corrected chi connectivity index (χ2v) is 7.46. The molecule has 2 aromatic carbocycles. The van der Waals surface area contributed by atoms with Crippen LogP contribution in [-0.4, -0.2) is 26.1 Å². The van der Waals surface area contributed by atoms with E-state index in [0.29, 0.717) is 18.8 Å². The van der Waals surface area contributed by atoms with Crippen LogP contribution in [0.5, 0.6) is 5.75 Å². The first-order valence-corrected chi connectivity index (χ1v) is 10.0. The molecule has 1 amide bonds. The standard InChI is InChI=1S/C23H29FN2O2/c1-28-21-9-5-19(6-10-21)22(16-18-2-7-20(24)8-3-18)26-23(27)11-4-17-12-14-25-15-13-17/h2-3,5-10,17,22,25H,4,11-16H2,1H3,(H,26,27). The van der Waals surface area contributed by atoms with Gasteiger partial charge in [-0.1, -0.05) is 24.3 Å². The molecule has 1 atom stereocenters. The minimum absolute atomic E-state index is 0.0708. The van der Waals surface area contributed by atoms with Crippen LogP contribution in [0.25, 0.3) is 0 Å². The van der Waals surface area contributed by atoms with Crippen molar-refractivity contribution in [1.82, 2.24) is 10.6 Å². The molecule has 28 heavy (non-hydrogen) atoms. The van der Waals surface area contributed by atoms with Gasteiger partial charge in [0.15, 0.2) is 0 Å². The first-order chi connectivity index (χ1) is 13.6. The van der Waals surface area contributed by atoms with E-state index in [1.165, 1.54) is 12.1 Å². The highest BCUT2D eigenvalue weighted by atomic mass is 19.1. The molecule has 3 rings (SSSR count). The molecule has 0 radical (unpaired) electrons. The largest absolute Gasteiger partial charge is 0.497 e. The van der Waals surface area contributed by atoms with Crippen molar-refractivity contribution in [2.45, 2.75) is 38.1 Å². The molecule has 1 heterocycles. The molecule has 1 aliphatic heterocycles. The Bertz CT molecular complexity index is 740. The average molecular weight is 384 g/mol. The number of halogens is 1. The lowest BCUT2D eigenvalue weighted by atomic mass is 9.92. The molecule has 4 nitrogen and oxygen atoms in total. The van der Waals surface area contributed by atoms with Gasteiger partial charge in [0.05, 0.1) is 13.2 Å². The first-order valence-electron chi connectivity index (χ1n) is 10.0. The lowest BCUT2D eigenvalue weighted by Gasteiger charge is -2.23. The van der Waals surface area contributed by atoms with Crippen molar-refractivity contribution in [3.8, 4) is 5.75 Å². The fourth-order valence-corrected chi connectivity index (χ4v) is 3.72. The minimum atomic E-state index is -0.254. The van der Waals surface area contributed by atoms with E-state index in [1.54, 1.807) is 19.2 Å². The van der Waals surface area contributed by atoms with E-state index in [1.807, 2.05) is 24.3 Å². The van der Waals surface area contributed by atoms with Crippen molar-refractivity contribution in [2.24, 2.45) is 5.92 Å². The summed E-state index contributed by atoms with van der Waals surface area (Å²) in [5.74, 6) is 1.22. The van der Waals surface area contributed by atoms with Gasteiger partial charge in [-0.25, -0.2) is 4.39 Å². The summed E-state index contributed by atoms with van der Waals surface area (Å²) in [6.07, 6.45) is 4.38. The average Bonchev–Trinajstić information content (AvgIpc) is 2.74. The van der Waals surface area contributed by atoms with Gasteiger partial charge in [0, 0.05) is 6.42 Å². The van der Waals surface area contributed by atoms with Crippen LogP contribution in [0.1, 0.15) is 42.9 Å². The molecule has 5 heteroatoms. The maximum absolute atomic E-state index is 13.2. The van der Waals surface area contributed by atoms with E-state index in [0.717, 1.165) is 49.2 Å². The Morgan fingerprint density at radius 1 is 1.14 bits per heavy atom. The van der Waals surface area contributed by atoms with Gasteiger partial charge in [-0.05, 0) is 80.1 Å². The summed E-state index contributed by atoms with van der Waals surface area (Å²) in [5, 5.41) is 6.54. The molecule has 2 N–H and O–H groups in total. The Morgan fingerprint density at radius 2 is 1.82 bits per heavy atom. The Hall–Kier alpha value is -2.40. The topological polar surface area (TPSA) is 50.4 Å². The molecule has 0 aliphatic carbocycles. The second kappa shape index (κ2) is 10.2. The number of piperidine rings is 1. The highest BCUT2D eigenvalue weighted by Gasteiger charge is 2.18. The Morgan fingerprint density at radius 3 is 2.46 bits per heavy atom. The Labute approximate surface area is 166 Å². The summed E-state index contributed by atoms with van der Waals surface area (Å²) >= 11 is 0. The summed E-state index contributed by atoms with van der Waals surface area (Å²) < 4.78 is 18.5. The summed E-state index contributed by atoms with van der Waals surface area (Å²) in [6.45, 7) is 2.09. The van der Waals surface area contributed by atoms with Crippen LogP contribution in [0.3, 0.4) is 0 Å². The molecule has 0 saturated carbocycles. The molecule has 1 saturated heterocycles. The Balaban J connectivity index is 1.65. The summed E-state index contributed by atoms with van der Waals surface area (Å²) in [6, 6.07) is 14.0. The van der Waals surface area contributed by atoms with Gasteiger partial charge < -0.3 is 15.4 Å². The van der Waals surface area contributed by atoms with Crippen LogP contribution in [-0.2, 0) is 11.2 Å². The number of hydrogen-bond acceptors (Lipinski definition) is 3. The predicted octanol–water partition coefficient (Wildman–Crippen LogP) is 4.01. The first kappa shape index (κ1) is 20.3. The molecule has 1 aliphatic rings. The number of benzene rings is 2. The van der Waals surface area contributed by atoms with Crippen molar-refractivity contribution in [3.63, 3.8) is 0 Å². The van der Waals surface area contributed by atoms with E-state index < -0.39 is 0 Å². The maximum atomic E-state index is 13.2. The van der Waals surface area contributed by atoms with E-state index in [9.17, 15) is 9.18 Å². The zero-order chi connectivity index (χ0) is 19.8. The molecule has 2 aromatic rings. The number of nitrogens with one attached hydrogen (secondary N) is 2. The highest BCUT2D eigenvalue weighted by molar-refractivity contribution is 5.76. The lowest BCUT2D eigenvalue weighted by molar-refractivity contribution is -0.122. The van der Waals surface area contributed by atoms with Gasteiger partial charge in [0.25, 0.3) is 0 Å². The molecular formula is C23H29FN2O2. The number of hydrogen-bond donors (Lipinski definition) is 2. The van der Waals surface area contributed by atoms with Crippen molar-refractivity contribution in [3.05, 3.63) is 65.5 Å². The smallest absolute Gasteiger partial charge is 0.220 e. The molecule has 1 unspecified atom stereocenters. The van der Waals surface area contributed by atoms with Crippen molar-refractivity contribution < 1.29 is 13.9 Å². The Kier molecular flexibility index (Phi) is 7.43. The van der Waals surface area contributed by atoms with Gasteiger partial charge in [0.1, 0.15) is 11.6 Å². The fourth-order valence-electron chi connectivity index (χ4n) is 3.72. The zero-order valence-electron chi connectivity index (χ0n) is 16.4. The van der Waals surface area contributed by atoms with Crippen LogP contribution < -0.4 is 15.4 Å². The third-order valence-corrected chi connectivity index (χ3v) is 5.44. The number of carbonyl (C=O) groups is 1. The normalized spacial score (nSPS) is 15.8. The lowest BCUT2D eigenvalue weighted by Crippen LogP contribution is -2.32. The van der Waals surface area contributed by atoms with E-state index in [4.69, 9.17) is 4.74 Å². The van der Waals surface area contributed by atoms with E-state index in [-0.39, 0.29) is 17.8 Å². The fraction of sp³-hybridized carbons (Fsp3) is 0.435. The van der Waals surface area contributed by atoms with Gasteiger partial charge in [-0.2, -0.15) is 0 Å². The number of amides is 1. The zero-order valence-corrected chi connectivity index (χ0v) is 16.4. The molecular weight excluding hydrogens is 355 g/mol. The monoisotopic (exact) mass is 384 g/mol. The van der Waals surface area contributed by atoms with Gasteiger partial charge >= 0.3 is 0 Å². The number of rotatable bonds is 8. The third-order valence-electron chi connectivity index (χ3n) is 5.44. The highest BCUT2D eigenvalue weighted by Crippen LogP contribution is 2.23. The third kappa shape index (κ3) is 6.06. The molecule has 0 spiro atoms. The molecule has 0 aromatic heterocycles. The number of methoxy groups -OCH3 is 1. The molecule has 0 bridgehead atoms. The SMILES string of the molecule is COc1ccc(C(Cc2ccc(F)cc2)NC(=O)CCC2CCNCC2)cc1.